The molecule has 2 heterocycles. The lowest BCUT2D eigenvalue weighted by atomic mass is 10.2. The van der Waals surface area contributed by atoms with Gasteiger partial charge in [-0.15, -0.1) is 10.2 Å². The minimum absolute atomic E-state index is 0.225. The number of pyridine rings is 1. The van der Waals surface area contributed by atoms with Gasteiger partial charge in [0.25, 0.3) is 5.91 Å². The molecule has 0 aliphatic heterocycles. The van der Waals surface area contributed by atoms with Crippen LogP contribution in [0.3, 0.4) is 0 Å². The Morgan fingerprint density at radius 1 is 1.19 bits per heavy atom. The Kier molecular flexibility index (Phi) is 5.68. The van der Waals surface area contributed by atoms with Crippen LogP contribution in [0.1, 0.15) is 46.3 Å². The van der Waals surface area contributed by atoms with E-state index < -0.39 is 0 Å². The molecule has 0 radical (unpaired) electrons. The fourth-order valence-corrected chi connectivity index (χ4v) is 4.06. The normalized spacial score (nSPS) is 11.0. The van der Waals surface area contributed by atoms with Crippen molar-refractivity contribution in [1.29, 1.82) is 0 Å². The molecule has 5 nitrogen and oxygen atoms in total. The van der Waals surface area contributed by atoms with Gasteiger partial charge in [0.05, 0.1) is 5.56 Å². The van der Waals surface area contributed by atoms with Crippen molar-refractivity contribution in [3.8, 4) is 0 Å². The van der Waals surface area contributed by atoms with E-state index in [9.17, 15) is 4.79 Å². The van der Waals surface area contributed by atoms with E-state index in [4.69, 9.17) is 0 Å². The van der Waals surface area contributed by atoms with Crippen molar-refractivity contribution in [1.82, 2.24) is 15.2 Å². The predicted octanol–water partition coefficient (Wildman–Crippen LogP) is 5.08. The van der Waals surface area contributed by atoms with E-state index in [2.05, 4.69) is 52.5 Å². The first-order chi connectivity index (χ1) is 12.4. The average Bonchev–Trinajstić information content (AvgIpc) is 3.07. The van der Waals surface area contributed by atoms with E-state index >= 15 is 0 Å². The molecule has 1 amide bonds. The van der Waals surface area contributed by atoms with Crippen molar-refractivity contribution in [2.75, 3.05) is 5.32 Å². The lowest BCUT2D eigenvalue weighted by Crippen LogP contribution is -2.13. The zero-order valence-corrected chi connectivity index (χ0v) is 16.7. The summed E-state index contributed by atoms with van der Waals surface area (Å²) in [6.45, 7) is 8.20. The molecular formula is C19H20N4OS2. The molecule has 3 rings (SSSR count). The van der Waals surface area contributed by atoms with Crippen molar-refractivity contribution in [2.24, 2.45) is 0 Å². The van der Waals surface area contributed by atoms with Crippen molar-refractivity contribution in [3.63, 3.8) is 0 Å². The molecule has 0 aliphatic carbocycles. The summed E-state index contributed by atoms with van der Waals surface area (Å²) >= 11 is 2.90. The van der Waals surface area contributed by atoms with Crippen LogP contribution in [0.15, 0.2) is 46.5 Å². The van der Waals surface area contributed by atoms with Gasteiger partial charge in [0.2, 0.25) is 5.13 Å². The second-order valence-corrected chi connectivity index (χ2v) is 8.32. The van der Waals surface area contributed by atoms with Gasteiger partial charge >= 0.3 is 0 Å². The molecule has 0 atom stereocenters. The maximum absolute atomic E-state index is 12.7. The van der Waals surface area contributed by atoms with Crippen LogP contribution < -0.4 is 5.32 Å². The van der Waals surface area contributed by atoms with Crippen molar-refractivity contribution < 1.29 is 4.79 Å². The first-order valence-electron chi connectivity index (χ1n) is 8.29. The van der Waals surface area contributed by atoms with E-state index in [1.807, 2.05) is 13.8 Å². The van der Waals surface area contributed by atoms with Crippen LogP contribution in [-0.2, 0) is 0 Å². The van der Waals surface area contributed by atoms with Gasteiger partial charge in [0.1, 0.15) is 10.0 Å². The minimum Gasteiger partial charge on any atom is -0.296 e. The zero-order chi connectivity index (χ0) is 18.7. The molecule has 7 heteroatoms. The topological polar surface area (TPSA) is 67.8 Å². The monoisotopic (exact) mass is 384 g/mol. The number of amides is 1. The van der Waals surface area contributed by atoms with Crippen molar-refractivity contribution in [2.45, 2.75) is 43.5 Å². The molecule has 1 aromatic carbocycles. The Balaban J connectivity index is 1.84. The summed E-state index contributed by atoms with van der Waals surface area (Å²) in [5, 5.41) is 13.1. The van der Waals surface area contributed by atoms with Crippen LogP contribution in [0.5, 0.6) is 0 Å². The first-order valence-corrected chi connectivity index (χ1v) is 9.92. The van der Waals surface area contributed by atoms with Gasteiger partial charge in [-0.05, 0) is 43.2 Å². The molecule has 134 valence electrons. The SMILES string of the molecule is Cc1ccc(C)c(Sc2ncccc2C(=O)Nc2nnc(C(C)C)s2)c1. The van der Waals surface area contributed by atoms with Gasteiger partial charge in [0.15, 0.2) is 0 Å². The summed E-state index contributed by atoms with van der Waals surface area (Å²) in [4.78, 5) is 18.2. The fraction of sp³-hybridized carbons (Fsp3) is 0.263. The predicted molar refractivity (Wildman–Crippen MR) is 106 cm³/mol. The van der Waals surface area contributed by atoms with Crippen LogP contribution in [0.25, 0.3) is 0 Å². The van der Waals surface area contributed by atoms with Gasteiger partial charge < -0.3 is 0 Å². The smallest absolute Gasteiger partial charge is 0.260 e. The number of benzene rings is 1. The quantitative estimate of drug-likeness (QED) is 0.664. The molecule has 0 spiro atoms. The van der Waals surface area contributed by atoms with Crippen LogP contribution in [0.2, 0.25) is 0 Å². The number of carbonyl (C=O) groups is 1. The molecule has 1 N–H and O–H groups in total. The Morgan fingerprint density at radius 3 is 2.73 bits per heavy atom. The van der Waals surface area contributed by atoms with Gasteiger partial charge in [-0.1, -0.05) is 49.1 Å². The van der Waals surface area contributed by atoms with Gasteiger partial charge in [-0.25, -0.2) is 4.98 Å². The van der Waals surface area contributed by atoms with Crippen LogP contribution in [0.4, 0.5) is 5.13 Å². The third-order valence-corrected chi connectivity index (χ3v) is 6.04. The molecular weight excluding hydrogens is 364 g/mol. The number of nitrogens with one attached hydrogen (secondary N) is 1. The number of hydrogen-bond donors (Lipinski definition) is 1. The van der Waals surface area contributed by atoms with E-state index in [1.54, 1.807) is 18.3 Å². The second kappa shape index (κ2) is 7.97. The molecule has 2 aromatic heterocycles. The van der Waals surface area contributed by atoms with E-state index in [1.165, 1.54) is 28.7 Å². The number of aryl methyl sites for hydroxylation is 2. The Hall–Kier alpha value is -2.25. The first kappa shape index (κ1) is 18.5. The van der Waals surface area contributed by atoms with Crippen molar-refractivity contribution >= 4 is 34.1 Å². The number of hydrogen-bond acceptors (Lipinski definition) is 6. The Labute approximate surface area is 161 Å². The van der Waals surface area contributed by atoms with Crippen LogP contribution in [-0.4, -0.2) is 21.1 Å². The average molecular weight is 385 g/mol. The number of anilines is 1. The van der Waals surface area contributed by atoms with E-state index in [0.717, 1.165) is 15.5 Å². The Morgan fingerprint density at radius 2 is 2.00 bits per heavy atom. The summed E-state index contributed by atoms with van der Waals surface area (Å²) in [6.07, 6.45) is 1.70. The molecule has 0 bridgehead atoms. The summed E-state index contributed by atoms with van der Waals surface area (Å²) in [7, 11) is 0. The maximum Gasteiger partial charge on any atom is 0.260 e. The number of nitrogens with zero attached hydrogens (tertiary/aromatic N) is 3. The lowest BCUT2D eigenvalue weighted by Gasteiger charge is -2.10. The highest BCUT2D eigenvalue weighted by Gasteiger charge is 2.17. The standard InChI is InChI=1S/C19H20N4OS2/c1-11(2)17-22-23-19(26-17)21-16(24)14-6-5-9-20-18(14)25-15-10-12(3)7-8-13(15)4/h5-11H,1-4H3,(H,21,23,24). The second-order valence-electron chi connectivity index (χ2n) is 6.28. The summed E-state index contributed by atoms with van der Waals surface area (Å²) in [5.74, 6) is 0.0596. The molecule has 3 aromatic rings. The molecule has 0 unspecified atom stereocenters. The molecule has 26 heavy (non-hydrogen) atoms. The largest absolute Gasteiger partial charge is 0.296 e. The van der Waals surface area contributed by atoms with Crippen LogP contribution in [0, 0.1) is 13.8 Å². The van der Waals surface area contributed by atoms with E-state index in [-0.39, 0.29) is 11.8 Å². The van der Waals surface area contributed by atoms with Crippen LogP contribution >= 0.6 is 23.1 Å². The lowest BCUT2D eigenvalue weighted by molar-refractivity contribution is 0.102. The van der Waals surface area contributed by atoms with Crippen molar-refractivity contribution in [3.05, 3.63) is 58.2 Å². The Bertz CT molecular complexity index is 937. The summed E-state index contributed by atoms with van der Waals surface area (Å²) in [6, 6.07) is 9.81. The molecule has 0 saturated carbocycles. The van der Waals surface area contributed by atoms with E-state index in [0.29, 0.717) is 15.7 Å². The highest BCUT2D eigenvalue weighted by molar-refractivity contribution is 7.99. The number of rotatable bonds is 5. The fourth-order valence-electron chi connectivity index (χ4n) is 2.25. The highest BCUT2D eigenvalue weighted by atomic mass is 32.2. The van der Waals surface area contributed by atoms with Gasteiger partial charge in [-0.3, -0.25) is 10.1 Å². The minimum atomic E-state index is -0.225. The van der Waals surface area contributed by atoms with Gasteiger partial charge in [-0.2, -0.15) is 0 Å². The molecule has 0 aliphatic rings. The third-order valence-electron chi connectivity index (χ3n) is 3.72. The molecule has 0 saturated heterocycles. The highest BCUT2D eigenvalue weighted by Crippen LogP contribution is 2.32. The molecule has 0 fully saturated rings. The summed E-state index contributed by atoms with van der Waals surface area (Å²) in [5.41, 5.74) is 2.86. The maximum atomic E-state index is 12.7. The third kappa shape index (κ3) is 4.28. The zero-order valence-electron chi connectivity index (χ0n) is 15.1. The summed E-state index contributed by atoms with van der Waals surface area (Å²) < 4.78 is 0. The number of carbonyl (C=O) groups excluding carboxylic acids is 1. The van der Waals surface area contributed by atoms with Gasteiger partial charge in [0, 0.05) is 17.0 Å². The number of aromatic nitrogens is 3.